The number of rotatable bonds is 0. The molecule has 0 aliphatic carbocycles. The summed E-state index contributed by atoms with van der Waals surface area (Å²) in [5.41, 5.74) is 3.59. The molecule has 0 saturated heterocycles. The molecule has 0 saturated carbocycles. The number of fused-ring (bicyclic) bond motifs is 1. The van der Waals surface area contributed by atoms with E-state index in [2.05, 4.69) is 53.1 Å². The van der Waals surface area contributed by atoms with Crippen LogP contribution in [-0.2, 0) is 0 Å². The SMILES string of the molecule is Cc1cc2c(C)[c-][nH]c2cc1Br.[Rf]. The molecule has 2 aromatic rings. The van der Waals surface area contributed by atoms with E-state index in [0.29, 0.717) is 0 Å². The summed E-state index contributed by atoms with van der Waals surface area (Å²) in [6.45, 7) is 4.15. The van der Waals surface area contributed by atoms with Crippen LogP contribution in [0.5, 0.6) is 0 Å². The van der Waals surface area contributed by atoms with E-state index in [1.54, 1.807) is 0 Å². The third kappa shape index (κ3) is 1.29. The van der Waals surface area contributed by atoms with Crippen molar-refractivity contribution in [1.29, 1.82) is 0 Å². The summed E-state index contributed by atoms with van der Waals surface area (Å²) in [6, 6.07) is 4.26. The topological polar surface area (TPSA) is 15.8 Å². The summed E-state index contributed by atoms with van der Waals surface area (Å²) >= 11 is 3.49. The Morgan fingerprint density at radius 1 is 1.31 bits per heavy atom. The van der Waals surface area contributed by atoms with Crippen LogP contribution < -0.4 is 0 Å². The minimum absolute atomic E-state index is 0. The van der Waals surface area contributed by atoms with E-state index in [1.807, 2.05) is 0 Å². The Labute approximate surface area is 79.9 Å². The van der Waals surface area contributed by atoms with E-state index in [1.165, 1.54) is 16.5 Å². The number of halogens is 1. The van der Waals surface area contributed by atoms with E-state index in [4.69, 9.17) is 0 Å². The number of hydrogen-bond acceptors (Lipinski definition) is 0. The smallest absolute Gasteiger partial charge is 0.00823 e. The Balaban J connectivity index is 0.000000845. The zero-order valence-corrected chi connectivity index (χ0v) is 15.7. The van der Waals surface area contributed by atoms with Crippen molar-refractivity contribution < 1.29 is 0 Å². The fourth-order valence-corrected chi connectivity index (χ4v) is 1.67. The van der Waals surface area contributed by atoms with Gasteiger partial charge in [-0.1, -0.05) is 34.5 Å². The molecule has 0 aliphatic rings. The fourth-order valence-electron chi connectivity index (χ4n) is 1.32. The van der Waals surface area contributed by atoms with Crippen molar-refractivity contribution in [3.8, 4) is 0 Å². The molecule has 0 atom stereocenters. The van der Waals surface area contributed by atoms with Crippen molar-refractivity contribution in [2.75, 3.05) is 0 Å². The van der Waals surface area contributed by atoms with Crippen molar-refractivity contribution in [2.45, 2.75) is 13.8 Å². The molecular weight excluding hydrogens is 481 g/mol. The van der Waals surface area contributed by atoms with Gasteiger partial charge in [0.25, 0.3) is 0 Å². The molecule has 13 heavy (non-hydrogen) atoms. The zero-order valence-electron chi connectivity index (χ0n) is 7.74. The molecule has 0 spiro atoms. The quantitative estimate of drug-likeness (QED) is 0.546. The first-order valence-electron chi connectivity index (χ1n) is 3.84. The summed E-state index contributed by atoms with van der Waals surface area (Å²) in [5.74, 6) is 0. The third-order valence-electron chi connectivity index (χ3n) is 2.09. The van der Waals surface area contributed by atoms with Gasteiger partial charge < -0.3 is 4.98 Å². The maximum absolute atomic E-state index is 3.49. The Morgan fingerprint density at radius 2 is 2.00 bits per heavy atom. The van der Waals surface area contributed by atoms with Crippen molar-refractivity contribution in [3.63, 3.8) is 0 Å². The molecule has 64 valence electrons. The predicted molar refractivity (Wildman–Crippen MR) is 54.3 cm³/mol. The van der Waals surface area contributed by atoms with Crippen molar-refractivity contribution in [2.24, 2.45) is 0 Å². The molecular formula is C10H9BrNRf-. The van der Waals surface area contributed by atoms with Gasteiger partial charge in [0.05, 0.1) is 0 Å². The Morgan fingerprint density at radius 3 is 2.69 bits per heavy atom. The maximum Gasteiger partial charge on any atom is 0.00823 e. The van der Waals surface area contributed by atoms with Crippen LogP contribution in [-0.4, -0.2) is 4.98 Å². The molecule has 0 radical (unpaired) electrons. The molecule has 0 aliphatic heterocycles. The molecule has 0 bridgehead atoms. The second-order valence-electron chi connectivity index (χ2n) is 3.02. The van der Waals surface area contributed by atoms with Gasteiger partial charge in [-0.15, -0.1) is 17.8 Å². The van der Waals surface area contributed by atoms with E-state index >= 15 is 0 Å². The maximum atomic E-state index is 3.49. The van der Waals surface area contributed by atoms with Gasteiger partial charge in [0.1, 0.15) is 0 Å². The van der Waals surface area contributed by atoms with E-state index in [9.17, 15) is 0 Å². The second-order valence-corrected chi connectivity index (χ2v) is 3.88. The van der Waals surface area contributed by atoms with Gasteiger partial charge in [-0.3, -0.25) is 0 Å². The van der Waals surface area contributed by atoms with Crippen LogP contribution in [0.25, 0.3) is 10.9 Å². The van der Waals surface area contributed by atoms with Gasteiger partial charge in [0.15, 0.2) is 0 Å². The number of H-pyrrole nitrogens is 1. The minimum atomic E-state index is 0. The Hall–Kier alpha value is -1.76. The number of aryl methyl sites for hydroxylation is 2. The summed E-state index contributed by atoms with van der Waals surface area (Å²) in [5, 5.41) is 1.26. The van der Waals surface area contributed by atoms with Gasteiger partial charge in [-0.2, -0.15) is 10.9 Å². The average Bonchev–Trinajstić information content (AvgIpc) is 2.35. The number of benzene rings is 1. The van der Waals surface area contributed by atoms with Gasteiger partial charge in [-0.25, -0.2) is 0 Å². The van der Waals surface area contributed by atoms with Crippen LogP contribution >= 0.6 is 15.9 Å². The Kier molecular flexibility index (Phi) is 2.11. The second kappa shape index (κ2) is 2.94. The van der Waals surface area contributed by atoms with Crippen molar-refractivity contribution in [3.05, 3.63) is 33.9 Å². The van der Waals surface area contributed by atoms with Crippen LogP contribution in [0.1, 0.15) is 11.1 Å². The van der Waals surface area contributed by atoms with E-state index < -0.39 is 0 Å². The van der Waals surface area contributed by atoms with Crippen molar-refractivity contribution >= 4 is 26.8 Å². The number of aromatic nitrogens is 1. The number of aromatic amines is 1. The van der Waals surface area contributed by atoms with Crippen LogP contribution in [0.2, 0.25) is 0 Å². The van der Waals surface area contributed by atoms with E-state index in [0.717, 1.165) is 9.99 Å². The first-order chi connectivity index (χ1) is 5.68. The number of hydrogen-bond donors (Lipinski definition) is 1. The van der Waals surface area contributed by atoms with Crippen LogP contribution in [0.3, 0.4) is 0 Å². The van der Waals surface area contributed by atoms with Gasteiger partial charge in [0, 0.05) is 4.47 Å². The summed E-state index contributed by atoms with van der Waals surface area (Å²) in [4.78, 5) is 3.10. The molecule has 2 rings (SSSR count). The monoisotopic (exact) mass is 489 g/mol. The van der Waals surface area contributed by atoms with Gasteiger partial charge in [0.2, 0.25) is 0 Å². The Bertz CT molecular complexity index is 434. The largest absolute Gasteiger partial charge is 0.477 e. The van der Waals surface area contributed by atoms with Gasteiger partial charge in [-0.05, 0) is 6.92 Å². The normalized spacial score (nSPS) is 10.1. The molecule has 0 amide bonds. The number of nitrogens with one attached hydrogen (secondary N) is 1. The van der Waals surface area contributed by atoms with Gasteiger partial charge >= 0.3 is 0 Å². The first-order valence-corrected chi connectivity index (χ1v) is 4.64. The van der Waals surface area contributed by atoms with Crippen LogP contribution in [0.15, 0.2) is 16.6 Å². The zero-order chi connectivity index (χ0) is 8.72. The molecule has 1 N–H and O–H groups in total. The molecule has 1 aromatic carbocycles. The van der Waals surface area contributed by atoms with Crippen LogP contribution in [0, 0.1) is 20.0 Å². The molecule has 1 heterocycles. The third-order valence-corrected chi connectivity index (χ3v) is 2.94. The summed E-state index contributed by atoms with van der Waals surface area (Å²) in [6.07, 6.45) is 3.09. The predicted octanol–water partition coefficient (Wildman–Crippen LogP) is 3.35. The molecule has 1 nitrogen and oxygen atoms in total. The fraction of sp³-hybridized carbons (Fsp3) is 0.200. The first kappa shape index (κ1) is 9.33. The molecule has 3 heteroatoms. The summed E-state index contributed by atoms with van der Waals surface area (Å²) in [7, 11) is 0. The molecule has 0 fully saturated rings. The molecule has 0 unspecified atom stereocenters. The minimum Gasteiger partial charge on any atom is -0.477 e. The van der Waals surface area contributed by atoms with Crippen LogP contribution in [0.4, 0.5) is 0 Å². The standard InChI is InChI=1S/C10H9BrN.Rf/c1-6-3-8-7(2)5-12-10(8)4-9(6)11;/h3-4,12H,1-2H3;/q-1;. The average molecular weight is 490 g/mol. The van der Waals surface area contributed by atoms with Crippen molar-refractivity contribution in [1.82, 2.24) is 4.98 Å². The summed E-state index contributed by atoms with van der Waals surface area (Å²) < 4.78 is 1.14. The molecule has 1 aromatic heterocycles. The van der Waals surface area contributed by atoms with E-state index in [-0.39, 0.29) is 0 Å².